The summed E-state index contributed by atoms with van der Waals surface area (Å²) in [5.41, 5.74) is 1.97. The lowest BCUT2D eigenvalue weighted by Gasteiger charge is -2.17. The molecule has 0 amide bonds. The molecule has 0 aliphatic carbocycles. The second kappa shape index (κ2) is 7.00. The van der Waals surface area contributed by atoms with Crippen LogP contribution in [-0.4, -0.2) is 14.2 Å². The molecule has 0 radical (unpaired) electrons. The van der Waals surface area contributed by atoms with Gasteiger partial charge in [0.25, 0.3) is 0 Å². The van der Waals surface area contributed by atoms with Gasteiger partial charge >= 0.3 is 0 Å². The van der Waals surface area contributed by atoms with Crippen molar-refractivity contribution in [1.29, 1.82) is 0 Å². The Hall–Kier alpha value is -0.460. The second-order valence-electron chi connectivity index (χ2n) is 4.14. The minimum Gasteiger partial charge on any atom is -0.497 e. The fourth-order valence-corrected chi connectivity index (χ4v) is 3.47. The number of hydrogen-bond donors (Lipinski definition) is 0. The standard InChI is InChI=1S/C15H13BrClIO2/c1-19-10-4-5-11(14(8-10)20-2)15(17)12-7-9(16)3-6-13(12)18/h3-8,15H,1-2H3. The van der Waals surface area contributed by atoms with E-state index in [1.54, 1.807) is 14.2 Å². The molecule has 106 valence electrons. The van der Waals surface area contributed by atoms with E-state index in [9.17, 15) is 0 Å². The lowest BCUT2D eigenvalue weighted by atomic mass is 10.0. The Bertz CT molecular complexity index is 619. The second-order valence-corrected chi connectivity index (χ2v) is 6.65. The van der Waals surface area contributed by atoms with Crippen LogP contribution in [0.25, 0.3) is 0 Å². The third kappa shape index (κ3) is 3.40. The van der Waals surface area contributed by atoms with Crippen LogP contribution in [-0.2, 0) is 0 Å². The molecule has 2 aromatic carbocycles. The summed E-state index contributed by atoms with van der Waals surface area (Å²) in [6, 6.07) is 11.7. The molecule has 0 spiro atoms. The third-order valence-corrected chi connectivity index (χ3v) is 4.89. The Labute approximate surface area is 145 Å². The minimum atomic E-state index is -0.278. The molecule has 0 aromatic heterocycles. The lowest BCUT2D eigenvalue weighted by molar-refractivity contribution is 0.391. The molecule has 0 saturated heterocycles. The van der Waals surface area contributed by atoms with E-state index in [4.69, 9.17) is 21.1 Å². The van der Waals surface area contributed by atoms with E-state index in [0.717, 1.165) is 30.7 Å². The summed E-state index contributed by atoms with van der Waals surface area (Å²) in [5, 5.41) is -0.278. The quantitative estimate of drug-likeness (QED) is 0.443. The van der Waals surface area contributed by atoms with Gasteiger partial charge in [-0.25, -0.2) is 0 Å². The van der Waals surface area contributed by atoms with Crippen LogP contribution >= 0.6 is 50.1 Å². The van der Waals surface area contributed by atoms with Crippen molar-refractivity contribution in [3.8, 4) is 11.5 Å². The molecule has 20 heavy (non-hydrogen) atoms. The first-order valence-electron chi connectivity index (χ1n) is 5.87. The maximum Gasteiger partial charge on any atom is 0.127 e. The van der Waals surface area contributed by atoms with E-state index in [-0.39, 0.29) is 5.38 Å². The number of hydrogen-bond acceptors (Lipinski definition) is 2. The molecule has 0 N–H and O–H groups in total. The van der Waals surface area contributed by atoms with Gasteiger partial charge in [0.05, 0.1) is 19.6 Å². The zero-order chi connectivity index (χ0) is 14.7. The van der Waals surface area contributed by atoms with Crippen molar-refractivity contribution >= 4 is 50.1 Å². The van der Waals surface area contributed by atoms with Crippen molar-refractivity contribution in [3.05, 3.63) is 55.6 Å². The van der Waals surface area contributed by atoms with E-state index in [0.29, 0.717) is 0 Å². The SMILES string of the molecule is COc1ccc(C(Cl)c2cc(Br)ccc2I)c(OC)c1. The smallest absolute Gasteiger partial charge is 0.127 e. The number of rotatable bonds is 4. The largest absolute Gasteiger partial charge is 0.497 e. The average Bonchev–Trinajstić information content (AvgIpc) is 2.48. The molecule has 0 bridgehead atoms. The van der Waals surface area contributed by atoms with Crippen molar-refractivity contribution < 1.29 is 9.47 Å². The Morgan fingerprint density at radius 2 is 1.80 bits per heavy atom. The molecule has 0 aliphatic heterocycles. The van der Waals surface area contributed by atoms with Crippen LogP contribution in [0.3, 0.4) is 0 Å². The molecular formula is C15H13BrClIO2. The number of methoxy groups -OCH3 is 2. The molecule has 0 fully saturated rings. The maximum atomic E-state index is 6.64. The number of alkyl halides is 1. The van der Waals surface area contributed by atoms with E-state index >= 15 is 0 Å². The van der Waals surface area contributed by atoms with Gasteiger partial charge in [0.1, 0.15) is 11.5 Å². The van der Waals surface area contributed by atoms with E-state index in [1.807, 2.05) is 36.4 Å². The molecule has 0 saturated carbocycles. The predicted molar refractivity (Wildman–Crippen MR) is 94.1 cm³/mol. The average molecular weight is 468 g/mol. The fourth-order valence-electron chi connectivity index (χ4n) is 1.90. The first-order valence-corrected chi connectivity index (χ1v) is 8.18. The summed E-state index contributed by atoms with van der Waals surface area (Å²) in [7, 11) is 3.26. The van der Waals surface area contributed by atoms with E-state index < -0.39 is 0 Å². The monoisotopic (exact) mass is 466 g/mol. The van der Waals surface area contributed by atoms with Crippen LogP contribution in [0, 0.1) is 3.57 Å². The molecule has 5 heteroatoms. The van der Waals surface area contributed by atoms with Crippen molar-refractivity contribution in [3.63, 3.8) is 0 Å². The van der Waals surface area contributed by atoms with Gasteiger partial charge in [0, 0.05) is 19.7 Å². The Morgan fingerprint density at radius 1 is 1.05 bits per heavy atom. The zero-order valence-electron chi connectivity index (χ0n) is 11.0. The first-order chi connectivity index (χ1) is 9.56. The van der Waals surface area contributed by atoms with Gasteiger partial charge in [-0.15, -0.1) is 11.6 Å². The molecule has 1 atom stereocenters. The Balaban J connectivity index is 2.47. The summed E-state index contributed by atoms with van der Waals surface area (Å²) < 4.78 is 12.7. The van der Waals surface area contributed by atoms with Crippen LogP contribution < -0.4 is 9.47 Å². The highest BCUT2D eigenvalue weighted by Gasteiger charge is 2.19. The highest BCUT2D eigenvalue weighted by Crippen LogP contribution is 2.39. The summed E-state index contributed by atoms with van der Waals surface area (Å²) in [6.45, 7) is 0. The van der Waals surface area contributed by atoms with E-state index in [1.165, 1.54) is 0 Å². The van der Waals surface area contributed by atoms with Gasteiger partial charge in [-0.05, 0) is 58.5 Å². The summed E-state index contributed by atoms with van der Waals surface area (Å²) in [4.78, 5) is 0. The summed E-state index contributed by atoms with van der Waals surface area (Å²) in [6.07, 6.45) is 0. The lowest BCUT2D eigenvalue weighted by Crippen LogP contribution is -2.00. The minimum absolute atomic E-state index is 0.278. The maximum absolute atomic E-state index is 6.64. The van der Waals surface area contributed by atoms with Gasteiger partial charge in [0.15, 0.2) is 0 Å². The normalized spacial score (nSPS) is 12.1. The van der Waals surface area contributed by atoms with Gasteiger partial charge < -0.3 is 9.47 Å². The van der Waals surface area contributed by atoms with Crippen molar-refractivity contribution in [2.75, 3.05) is 14.2 Å². The predicted octanol–water partition coefficient (Wildman–Crippen LogP) is 5.40. The summed E-state index contributed by atoms with van der Waals surface area (Å²) in [5.74, 6) is 1.47. The fraction of sp³-hybridized carbons (Fsp3) is 0.200. The van der Waals surface area contributed by atoms with Gasteiger partial charge in [0.2, 0.25) is 0 Å². The first kappa shape index (κ1) is 15.9. The van der Waals surface area contributed by atoms with Gasteiger partial charge in [-0.3, -0.25) is 0 Å². The van der Waals surface area contributed by atoms with Gasteiger partial charge in [-0.2, -0.15) is 0 Å². The van der Waals surface area contributed by atoms with E-state index in [2.05, 4.69) is 38.5 Å². The van der Waals surface area contributed by atoms with Crippen LogP contribution in [0.15, 0.2) is 40.9 Å². The highest BCUT2D eigenvalue weighted by atomic mass is 127. The molecule has 2 nitrogen and oxygen atoms in total. The molecule has 2 aromatic rings. The molecule has 1 unspecified atom stereocenters. The Morgan fingerprint density at radius 3 is 2.45 bits per heavy atom. The molecule has 0 aliphatic rings. The van der Waals surface area contributed by atoms with Crippen LogP contribution in [0.1, 0.15) is 16.5 Å². The third-order valence-electron chi connectivity index (χ3n) is 2.94. The molecule has 0 heterocycles. The van der Waals surface area contributed by atoms with Gasteiger partial charge in [-0.1, -0.05) is 15.9 Å². The zero-order valence-corrected chi connectivity index (χ0v) is 15.5. The van der Waals surface area contributed by atoms with Crippen LogP contribution in [0.2, 0.25) is 0 Å². The van der Waals surface area contributed by atoms with Crippen molar-refractivity contribution in [2.45, 2.75) is 5.38 Å². The van der Waals surface area contributed by atoms with Crippen LogP contribution in [0.4, 0.5) is 0 Å². The Kier molecular flexibility index (Phi) is 5.57. The molecular weight excluding hydrogens is 454 g/mol. The number of ether oxygens (including phenoxy) is 2. The van der Waals surface area contributed by atoms with Crippen molar-refractivity contribution in [2.24, 2.45) is 0 Å². The number of halogens is 3. The highest BCUT2D eigenvalue weighted by molar-refractivity contribution is 14.1. The number of benzene rings is 2. The van der Waals surface area contributed by atoms with Crippen LogP contribution in [0.5, 0.6) is 11.5 Å². The van der Waals surface area contributed by atoms with Crippen molar-refractivity contribution in [1.82, 2.24) is 0 Å². The topological polar surface area (TPSA) is 18.5 Å². The molecule has 2 rings (SSSR count). The summed E-state index contributed by atoms with van der Waals surface area (Å²) >= 11 is 12.4.